The summed E-state index contributed by atoms with van der Waals surface area (Å²) in [6.45, 7) is 5.21. The van der Waals surface area contributed by atoms with Crippen LogP contribution in [0.2, 0.25) is 0 Å². The van der Waals surface area contributed by atoms with Gasteiger partial charge in [0.05, 0.1) is 10.5 Å². The van der Waals surface area contributed by atoms with Crippen LogP contribution in [0.15, 0.2) is 42.5 Å². The van der Waals surface area contributed by atoms with Crippen LogP contribution in [-0.4, -0.2) is 27.7 Å². The Labute approximate surface area is 149 Å². The van der Waals surface area contributed by atoms with Gasteiger partial charge in [0, 0.05) is 17.8 Å². The summed E-state index contributed by atoms with van der Waals surface area (Å²) in [7, 11) is 0. The van der Waals surface area contributed by atoms with Crippen LogP contribution < -0.4 is 5.32 Å². The molecule has 0 saturated carbocycles. The van der Waals surface area contributed by atoms with E-state index in [2.05, 4.69) is 5.32 Å². The predicted octanol–water partition coefficient (Wildman–Crippen LogP) is 4.31. The molecule has 0 saturated heterocycles. The third kappa shape index (κ3) is 5.04. The number of non-ortho nitro benzene ring substituents is 1. The van der Waals surface area contributed by atoms with Gasteiger partial charge in [0.2, 0.25) is 0 Å². The summed E-state index contributed by atoms with van der Waals surface area (Å²) in [5, 5.41) is 22.8. The molecule has 2 rings (SSSR count). The van der Waals surface area contributed by atoms with Gasteiger partial charge >= 0.3 is 12.1 Å². The van der Waals surface area contributed by atoms with E-state index in [4.69, 9.17) is 9.84 Å². The number of carboxylic acid groups (broad SMARTS) is 1. The Morgan fingerprint density at radius 2 is 1.81 bits per heavy atom. The lowest BCUT2D eigenvalue weighted by atomic mass is 10.0. The molecule has 2 aromatic rings. The lowest BCUT2D eigenvalue weighted by Gasteiger charge is -2.19. The zero-order valence-corrected chi connectivity index (χ0v) is 14.5. The minimum Gasteiger partial charge on any atom is -0.478 e. The second-order valence-electron chi connectivity index (χ2n) is 6.54. The summed E-state index contributed by atoms with van der Waals surface area (Å²) in [5.74, 6) is -1.27. The van der Waals surface area contributed by atoms with E-state index in [1.54, 1.807) is 45.0 Å². The third-order valence-electron chi connectivity index (χ3n) is 3.22. The number of nitro groups is 1. The van der Waals surface area contributed by atoms with Crippen molar-refractivity contribution in [2.75, 3.05) is 5.32 Å². The topological polar surface area (TPSA) is 119 Å². The number of aromatic carboxylic acids is 1. The quantitative estimate of drug-likeness (QED) is 0.621. The van der Waals surface area contributed by atoms with Gasteiger partial charge in [0.15, 0.2) is 0 Å². The van der Waals surface area contributed by atoms with Crippen LogP contribution in [0.3, 0.4) is 0 Å². The third-order valence-corrected chi connectivity index (χ3v) is 3.22. The van der Waals surface area contributed by atoms with Crippen molar-refractivity contribution >= 4 is 23.4 Å². The van der Waals surface area contributed by atoms with Gasteiger partial charge in [-0.25, -0.2) is 9.59 Å². The van der Waals surface area contributed by atoms with Crippen LogP contribution in [0, 0.1) is 10.1 Å². The summed E-state index contributed by atoms with van der Waals surface area (Å²) in [6, 6.07) is 10.1. The van der Waals surface area contributed by atoms with E-state index in [1.165, 1.54) is 12.1 Å². The Morgan fingerprint density at radius 3 is 2.38 bits per heavy atom. The molecule has 0 aromatic heterocycles. The fourth-order valence-corrected chi connectivity index (χ4v) is 2.20. The van der Waals surface area contributed by atoms with Gasteiger partial charge in [-0.1, -0.05) is 12.1 Å². The van der Waals surface area contributed by atoms with Gasteiger partial charge in [-0.3, -0.25) is 15.4 Å². The zero-order chi connectivity index (χ0) is 19.5. The summed E-state index contributed by atoms with van der Waals surface area (Å²) in [4.78, 5) is 33.5. The van der Waals surface area contributed by atoms with Crippen LogP contribution >= 0.6 is 0 Å². The van der Waals surface area contributed by atoms with E-state index in [0.717, 1.165) is 6.07 Å². The fourth-order valence-electron chi connectivity index (χ4n) is 2.20. The number of anilines is 1. The maximum atomic E-state index is 11.9. The normalized spacial score (nSPS) is 10.9. The lowest BCUT2D eigenvalue weighted by molar-refractivity contribution is -0.384. The van der Waals surface area contributed by atoms with E-state index < -0.39 is 22.6 Å². The number of nitrogens with one attached hydrogen (secondary N) is 1. The minimum absolute atomic E-state index is 0.195. The first kappa shape index (κ1) is 18.9. The second kappa shape index (κ2) is 7.22. The molecule has 8 nitrogen and oxygen atoms in total. The van der Waals surface area contributed by atoms with Crippen molar-refractivity contribution in [3.8, 4) is 11.1 Å². The van der Waals surface area contributed by atoms with Crippen LogP contribution in [0.5, 0.6) is 0 Å². The molecule has 0 aliphatic carbocycles. The largest absolute Gasteiger partial charge is 0.478 e. The standard InChI is InChI=1S/C18H18N2O6/c1-18(2,3)26-17(23)19-14-6-4-5-11(8-14)12-7-13(16(21)22)10-15(9-12)20(24)25/h4-10H,1-3H3,(H,19,23)(H,21,22). The SMILES string of the molecule is CC(C)(C)OC(=O)Nc1cccc(-c2cc(C(=O)O)cc([N+](=O)[O-])c2)c1. The van der Waals surface area contributed by atoms with E-state index in [9.17, 15) is 19.7 Å². The van der Waals surface area contributed by atoms with Crippen molar-refractivity contribution in [3.63, 3.8) is 0 Å². The molecule has 2 aromatic carbocycles. The predicted molar refractivity (Wildman–Crippen MR) is 95.3 cm³/mol. The molecule has 0 bridgehead atoms. The van der Waals surface area contributed by atoms with Crippen molar-refractivity contribution in [1.29, 1.82) is 0 Å². The molecule has 0 radical (unpaired) electrons. The van der Waals surface area contributed by atoms with E-state index in [0.29, 0.717) is 16.8 Å². The Kier molecular flexibility index (Phi) is 5.25. The summed E-state index contributed by atoms with van der Waals surface area (Å²) >= 11 is 0. The van der Waals surface area contributed by atoms with Gasteiger partial charge < -0.3 is 9.84 Å². The molecular weight excluding hydrogens is 340 g/mol. The smallest absolute Gasteiger partial charge is 0.412 e. The lowest BCUT2D eigenvalue weighted by Crippen LogP contribution is -2.27. The monoisotopic (exact) mass is 358 g/mol. The number of nitrogens with zero attached hydrogens (tertiary/aromatic N) is 1. The van der Waals surface area contributed by atoms with Crippen LogP contribution in [0.4, 0.5) is 16.2 Å². The number of nitro benzene ring substituents is 1. The van der Waals surface area contributed by atoms with E-state index in [1.807, 2.05) is 0 Å². The summed E-state index contributed by atoms with van der Waals surface area (Å²) in [5.41, 5.74) is 0.109. The number of carbonyl (C=O) groups excluding carboxylic acids is 1. The van der Waals surface area contributed by atoms with Gasteiger partial charge in [0.1, 0.15) is 5.60 Å². The molecule has 8 heteroatoms. The van der Waals surface area contributed by atoms with Gasteiger partial charge in [-0.2, -0.15) is 0 Å². The van der Waals surface area contributed by atoms with Crippen LogP contribution in [0.25, 0.3) is 11.1 Å². The molecule has 0 aliphatic heterocycles. The Hall–Kier alpha value is -3.42. The number of hydrogen-bond acceptors (Lipinski definition) is 5. The summed E-state index contributed by atoms with van der Waals surface area (Å²) in [6.07, 6.45) is -0.639. The molecule has 0 unspecified atom stereocenters. The minimum atomic E-state index is -1.27. The maximum absolute atomic E-state index is 11.9. The maximum Gasteiger partial charge on any atom is 0.412 e. The van der Waals surface area contributed by atoms with Crippen LogP contribution in [0.1, 0.15) is 31.1 Å². The molecule has 2 N–H and O–H groups in total. The molecule has 1 amide bonds. The van der Waals surface area contributed by atoms with Crippen molar-refractivity contribution < 1.29 is 24.4 Å². The van der Waals surface area contributed by atoms with E-state index in [-0.39, 0.29) is 11.3 Å². The first-order chi connectivity index (χ1) is 12.0. The molecule has 0 spiro atoms. The van der Waals surface area contributed by atoms with Crippen molar-refractivity contribution in [3.05, 3.63) is 58.1 Å². The van der Waals surface area contributed by atoms with E-state index >= 15 is 0 Å². The first-order valence-corrected chi connectivity index (χ1v) is 7.68. The Morgan fingerprint density at radius 1 is 1.12 bits per heavy atom. The molecule has 0 atom stereocenters. The number of carboxylic acids is 1. The first-order valence-electron chi connectivity index (χ1n) is 7.68. The molecule has 0 aliphatic rings. The van der Waals surface area contributed by atoms with Gasteiger partial charge in [-0.15, -0.1) is 0 Å². The van der Waals surface area contributed by atoms with Gasteiger partial charge in [-0.05, 0) is 50.1 Å². The Bertz CT molecular complexity index is 838. The highest BCUT2D eigenvalue weighted by atomic mass is 16.6. The van der Waals surface area contributed by atoms with Gasteiger partial charge in [0.25, 0.3) is 5.69 Å². The van der Waals surface area contributed by atoms with Crippen molar-refractivity contribution in [2.24, 2.45) is 0 Å². The number of carbonyl (C=O) groups is 2. The number of ether oxygens (including phenoxy) is 1. The number of hydrogen-bond donors (Lipinski definition) is 2. The molecule has 26 heavy (non-hydrogen) atoms. The highest BCUT2D eigenvalue weighted by molar-refractivity contribution is 5.91. The Balaban J connectivity index is 2.36. The second-order valence-corrected chi connectivity index (χ2v) is 6.54. The molecule has 0 fully saturated rings. The highest BCUT2D eigenvalue weighted by Gasteiger charge is 2.17. The molecular formula is C18H18N2O6. The average Bonchev–Trinajstić information content (AvgIpc) is 2.52. The number of amides is 1. The highest BCUT2D eigenvalue weighted by Crippen LogP contribution is 2.28. The zero-order valence-electron chi connectivity index (χ0n) is 14.5. The number of benzene rings is 2. The van der Waals surface area contributed by atoms with Crippen LogP contribution in [-0.2, 0) is 4.74 Å². The van der Waals surface area contributed by atoms with Crippen molar-refractivity contribution in [1.82, 2.24) is 0 Å². The summed E-state index contributed by atoms with van der Waals surface area (Å²) < 4.78 is 5.17. The number of rotatable bonds is 4. The van der Waals surface area contributed by atoms with Crippen molar-refractivity contribution in [2.45, 2.75) is 26.4 Å². The molecule has 0 heterocycles. The fraction of sp³-hybridized carbons (Fsp3) is 0.222. The molecule has 136 valence electrons. The average molecular weight is 358 g/mol.